The quantitative estimate of drug-likeness (QED) is 0.0171. The molecule has 574 valence electrons. The van der Waals surface area contributed by atoms with Crippen LogP contribution in [0.3, 0.4) is 0 Å². The topological polar surface area (TPSA) is 421 Å². The van der Waals surface area contributed by atoms with Gasteiger partial charge in [-0.05, 0) is 99.9 Å². The van der Waals surface area contributed by atoms with Crippen molar-refractivity contribution in [2.75, 3.05) is 71.4 Å². The zero-order valence-electron chi connectivity index (χ0n) is 61.6. The van der Waals surface area contributed by atoms with Crippen molar-refractivity contribution < 1.29 is 110 Å². The van der Waals surface area contributed by atoms with Gasteiger partial charge in [0, 0.05) is 78.8 Å². The van der Waals surface area contributed by atoms with Gasteiger partial charge in [0.25, 0.3) is 0 Å². The monoisotopic (exact) mass is 1490 g/mol. The zero-order valence-corrected chi connectivity index (χ0v) is 62.4. The molecule has 105 heavy (non-hydrogen) atoms. The lowest BCUT2D eigenvalue weighted by Gasteiger charge is -2.67. The fourth-order valence-corrected chi connectivity index (χ4v) is 14.6. The summed E-state index contributed by atoms with van der Waals surface area (Å²) in [6.07, 6.45) is -12.3. The zero-order chi connectivity index (χ0) is 77.7. The number of methoxy groups -OCH3 is 2. The molecule has 31 nitrogen and oxygen atoms in total. The first-order valence-electron chi connectivity index (χ1n) is 34.3. The van der Waals surface area contributed by atoms with Crippen LogP contribution in [0.2, 0.25) is 0 Å². The van der Waals surface area contributed by atoms with Crippen molar-refractivity contribution >= 4 is 89.1 Å². The summed E-state index contributed by atoms with van der Waals surface area (Å²) >= 11 is 0.849. The van der Waals surface area contributed by atoms with Crippen molar-refractivity contribution in [3.8, 4) is 0 Å². The molecule has 13 atom stereocenters. The van der Waals surface area contributed by atoms with Crippen LogP contribution < -0.4 is 32.3 Å². The Bertz CT molecular complexity index is 3710. The molecule has 3 aromatic rings. The highest BCUT2D eigenvalue weighted by Gasteiger charge is 2.78. The molecule has 7 rings (SSSR count). The molecule has 32 heteroatoms. The van der Waals surface area contributed by atoms with Crippen molar-refractivity contribution in [2.24, 2.45) is 28.4 Å². The standard InChI is InChI=1S/C73H98N8O23S/c1-40(2)54(78-51(83)37-105-38-52(84)85)62(88)77-47(26-21-31-75-65(74)91)61(87)76-46-29-27-43(28-30-46)36-98-67(93)80(11)32-33-81(12)68(94)101-57(55(44-22-17-15-18-23-44)79-66(92)104-69(5,6)7)64(90)100-48-35-73(95)60(102-63(89)45-24-19-16-20-25-45)58-71(10,59(86)56(97-14)53(41(48)3)70(73,8)9)49(96-13)34-50-72(58,39-99-50)103-42(4)82/h15-20,22-25,27-30,40,47-50,54-58,60,95H,21,26,31-39H2,1-14H3,(H,76,87)(H,77,88)(H,78,83)(H,79,92)(H,84,85)(H3,74,75,91)/t47-,48-,49-,50+,54-,55-,56+,57+,58-,60-,71+,72-,73+/m0/s1. The second-order valence-electron chi connectivity index (χ2n) is 28.6. The fourth-order valence-electron chi connectivity index (χ4n) is 14.1. The number of anilines is 1. The summed E-state index contributed by atoms with van der Waals surface area (Å²) in [6, 6.07) is 17.5. The maximum Gasteiger partial charge on any atom is 0.410 e. The Balaban J connectivity index is 1.12. The molecule has 9 N–H and O–H groups in total. The number of carbonyl (C=O) groups is 12. The number of amides is 8. The predicted molar refractivity (Wildman–Crippen MR) is 378 cm³/mol. The number of hydrogen-bond donors (Lipinski definition) is 8. The normalized spacial score (nSPS) is 24.1. The van der Waals surface area contributed by atoms with E-state index in [2.05, 4.69) is 26.6 Å². The number of hydrogen-bond acceptors (Lipinski definition) is 23. The van der Waals surface area contributed by atoms with E-state index in [1.54, 1.807) is 123 Å². The van der Waals surface area contributed by atoms with Crippen LogP contribution >= 0.6 is 11.8 Å². The third-order valence-corrected chi connectivity index (χ3v) is 20.5. The third kappa shape index (κ3) is 19.6. The largest absolute Gasteiger partial charge is 0.481 e. The van der Waals surface area contributed by atoms with Crippen LogP contribution in [-0.2, 0) is 82.8 Å². The molecule has 4 aliphatic rings. The van der Waals surface area contributed by atoms with Crippen LogP contribution in [0.15, 0.2) is 96.1 Å². The first-order chi connectivity index (χ1) is 49.3. The van der Waals surface area contributed by atoms with E-state index in [9.17, 15) is 53.1 Å². The number of nitrogens with one attached hydrogen (secondary N) is 5. The first kappa shape index (κ1) is 82.9. The van der Waals surface area contributed by atoms with Crippen molar-refractivity contribution in [1.82, 2.24) is 31.1 Å². The Kier molecular flexibility index (Phi) is 27.8. The van der Waals surface area contributed by atoms with Crippen LogP contribution in [-0.4, -0.2) is 223 Å². The van der Waals surface area contributed by atoms with Gasteiger partial charge in [0.15, 0.2) is 11.4 Å². The van der Waals surface area contributed by atoms with E-state index in [0.717, 1.165) is 21.6 Å². The van der Waals surface area contributed by atoms with Crippen molar-refractivity contribution in [1.29, 1.82) is 0 Å². The molecule has 1 heterocycles. The van der Waals surface area contributed by atoms with Gasteiger partial charge in [0.1, 0.15) is 60.4 Å². The summed E-state index contributed by atoms with van der Waals surface area (Å²) in [5, 5.41) is 36.3. The van der Waals surface area contributed by atoms with Crippen molar-refractivity contribution in [3.05, 3.63) is 113 Å². The Labute approximate surface area is 613 Å². The number of carboxylic acid groups (broad SMARTS) is 1. The number of Topliss-reactive ketones (excluding diaryl/α,β-unsaturated/α-hetero) is 1. The molecule has 8 amide bonds. The third-order valence-electron chi connectivity index (χ3n) is 19.5. The number of aliphatic hydroxyl groups is 1. The van der Waals surface area contributed by atoms with Gasteiger partial charge in [0.05, 0.1) is 41.1 Å². The summed E-state index contributed by atoms with van der Waals surface area (Å²) in [6.45, 7) is 14.9. The lowest BCUT2D eigenvalue weighted by molar-refractivity contribution is -0.347. The number of carbonyl (C=O) groups excluding carboxylic acids is 11. The van der Waals surface area contributed by atoms with E-state index in [4.69, 9.17) is 53.5 Å². The molecule has 1 saturated heterocycles. The van der Waals surface area contributed by atoms with E-state index >= 15 is 9.59 Å². The molecule has 1 aliphatic heterocycles. The number of alkyl carbamates (subject to hydrolysis) is 1. The van der Waals surface area contributed by atoms with Crippen LogP contribution in [0.25, 0.3) is 0 Å². The molecule has 2 saturated carbocycles. The SMILES string of the molecule is CO[C@H]1C(=O)[C@]2(C)[C@@H](OC)C[C@H]3OC[C@@]3(OC(C)=O)[C@H]2[C@H](OC(=O)c2ccccc2)[C@]2(O)C[C@H](OC(=O)[C@H](OC(=O)N(C)CCN(C)C(=O)OCc3ccc(NC(=O)[C@H](CCCNC(N)=O)NC(=O)[C@@H](NC(=O)CSCC(=O)O)C(C)C)cc3)[C@@H](NC(=O)OC(C)(C)C)c3ccccc3)C(C)=C1C2(C)C. The van der Waals surface area contributed by atoms with Crippen LogP contribution in [0.1, 0.15) is 122 Å². The molecule has 3 fully saturated rings. The summed E-state index contributed by atoms with van der Waals surface area (Å²) in [5.41, 5.74) is -1.98. The lowest BCUT2D eigenvalue weighted by atomic mass is 9.44. The molecule has 0 radical (unpaired) electrons. The van der Waals surface area contributed by atoms with E-state index < -0.39 is 172 Å². The molecule has 2 bridgehead atoms. The minimum Gasteiger partial charge on any atom is -0.481 e. The highest BCUT2D eigenvalue weighted by atomic mass is 32.2. The number of rotatable bonds is 30. The smallest absolute Gasteiger partial charge is 0.410 e. The number of nitrogens with zero attached hydrogens (tertiary/aromatic N) is 2. The number of primary amides is 1. The van der Waals surface area contributed by atoms with Gasteiger partial charge in [-0.1, -0.05) is 88.4 Å². The number of nitrogens with two attached hydrogens (primary N) is 1. The number of thioether (sulfide) groups is 1. The van der Waals surface area contributed by atoms with Crippen molar-refractivity contribution in [2.45, 2.75) is 173 Å². The second-order valence-corrected chi connectivity index (χ2v) is 29.6. The minimum atomic E-state index is -2.40. The number of likely N-dealkylation sites (N-methyl/N-ethyl adjacent to an activating group) is 2. The molecule has 0 unspecified atom stereocenters. The lowest BCUT2D eigenvalue weighted by Crippen LogP contribution is -2.82. The van der Waals surface area contributed by atoms with Crippen LogP contribution in [0.5, 0.6) is 0 Å². The van der Waals surface area contributed by atoms with E-state index in [-0.39, 0.29) is 91.6 Å². The van der Waals surface area contributed by atoms with Crippen LogP contribution in [0, 0.1) is 22.7 Å². The van der Waals surface area contributed by atoms with Gasteiger partial charge in [-0.3, -0.25) is 28.8 Å². The summed E-state index contributed by atoms with van der Waals surface area (Å²) in [7, 11) is 5.42. The van der Waals surface area contributed by atoms with Crippen molar-refractivity contribution in [3.63, 3.8) is 0 Å². The Morgan fingerprint density at radius 3 is 2.00 bits per heavy atom. The second kappa shape index (κ2) is 35.1. The Hall–Kier alpha value is -9.37. The summed E-state index contributed by atoms with van der Waals surface area (Å²) in [5.74, 6) is -9.03. The average molecular weight is 1490 g/mol. The summed E-state index contributed by atoms with van der Waals surface area (Å²) in [4.78, 5) is 166. The molecule has 3 aromatic carbocycles. The van der Waals surface area contributed by atoms with Gasteiger partial charge in [-0.15, -0.1) is 11.8 Å². The maximum atomic E-state index is 16.0. The number of ether oxygens (including phenoxy) is 9. The number of carboxylic acids is 1. The Morgan fingerprint density at radius 1 is 0.810 bits per heavy atom. The minimum absolute atomic E-state index is 0.0334. The highest BCUT2D eigenvalue weighted by molar-refractivity contribution is 8.00. The summed E-state index contributed by atoms with van der Waals surface area (Å²) < 4.78 is 55.2. The molecule has 0 spiro atoms. The molecule has 0 aromatic heterocycles. The number of benzene rings is 3. The number of esters is 3. The van der Waals surface area contributed by atoms with Gasteiger partial charge >= 0.3 is 48.2 Å². The predicted octanol–water partition coefficient (Wildman–Crippen LogP) is 5.74. The van der Waals surface area contributed by atoms with Gasteiger partial charge in [0.2, 0.25) is 23.8 Å². The average Bonchev–Trinajstić information content (AvgIpc) is 0.668. The highest BCUT2D eigenvalue weighted by Crippen LogP contribution is 2.65. The molecule has 3 aliphatic carbocycles. The van der Waals surface area contributed by atoms with E-state index in [0.29, 0.717) is 5.56 Å². The van der Waals surface area contributed by atoms with E-state index in [1.807, 2.05) is 0 Å². The fraction of sp³-hybridized carbons (Fsp3) is 0.562. The molecular formula is C73H98N8O23S. The van der Waals surface area contributed by atoms with E-state index in [1.165, 1.54) is 59.5 Å². The number of urea groups is 1. The van der Waals surface area contributed by atoms with Gasteiger partial charge < -0.3 is 95.0 Å². The number of aliphatic carboxylic acids is 1. The maximum absolute atomic E-state index is 16.0. The Morgan fingerprint density at radius 2 is 1.44 bits per heavy atom. The first-order valence-corrected chi connectivity index (χ1v) is 35.5. The van der Waals surface area contributed by atoms with Crippen LogP contribution in [0.4, 0.5) is 24.9 Å². The van der Waals surface area contributed by atoms with Gasteiger partial charge in [-0.25, -0.2) is 28.8 Å². The number of fused-ring (bicyclic) bond motifs is 5. The van der Waals surface area contributed by atoms with Gasteiger partial charge in [-0.2, -0.15) is 0 Å². The molecular weight excluding hydrogens is 1390 g/mol. The number of ketones is 1.